The van der Waals surface area contributed by atoms with Crippen molar-refractivity contribution in [3.63, 3.8) is 0 Å². The predicted octanol–water partition coefficient (Wildman–Crippen LogP) is 1.69. The van der Waals surface area contributed by atoms with Gasteiger partial charge in [-0.3, -0.25) is 4.90 Å². The third-order valence-corrected chi connectivity index (χ3v) is 2.06. The van der Waals surface area contributed by atoms with Crippen LogP contribution in [0.15, 0.2) is 0 Å². The molecule has 0 spiro atoms. The van der Waals surface area contributed by atoms with Crippen molar-refractivity contribution < 1.29 is 13.2 Å². The van der Waals surface area contributed by atoms with Crippen LogP contribution in [0.1, 0.15) is 12.8 Å². The first-order valence-corrected chi connectivity index (χ1v) is 3.84. The Morgan fingerprint density at radius 3 is 2.09 bits per heavy atom. The van der Waals surface area contributed by atoms with E-state index in [0.29, 0.717) is 13.1 Å². The quantitative estimate of drug-likeness (QED) is 0.618. The highest BCUT2D eigenvalue weighted by atomic mass is 19.3. The smallest absolute Gasteiger partial charge is 0.256 e. The predicted molar refractivity (Wildman–Crippen MR) is 36.6 cm³/mol. The summed E-state index contributed by atoms with van der Waals surface area (Å²) in [5.74, 6) is 0. The average molecular weight is 167 g/mol. The molecular formula is C7H12F3N. The molecule has 1 rings (SSSR count). The van der Waals surface area contributed by atoms with Crippen molar-refractivity contribution in [2.75, 3.05) is 19.8 Å². The van der Waals surface area contributed by atoms with Crippen LogP contribution >= 0.6 is 0 Å². The lowest BCUT2D eigenvalue weighted by Crippen LogP contribution is -2.39. The van der Waals surface area contributed by atoms with Crippen molar-refractivity contribution in [1.29, 1.82) is 0 Å². The van der Waals surface area contributed by atoms with Crippen molar-refractivity contribution in [1.82, 2.24) is 4.90 Å². The van der Waals surface area contributed by atoms with Crippen LogP contribution in [0, 0.1) is 0 Å². The fourth-order valence-electron chi connectivity index (χ4n) is 1.40. The van der Waals surface area contributed by atoms with E-state index in [0.717, 1.165) is 12.8 Å². The second kappa shape index (κ2) is 3.95. The molecule has 1 heterocycles. The van der Waals surface area contributed by atoms with Crippen LogP contribution in [0.25, 0.3) is 0 Å². The summed E-state index contributed by atoms with van der Waals surface area (Å²) in [6.45, 7) is 0.315. The molecule has 0 saturated carbocycles. The van der Waals surface area contributed by atoms with E-state index in [2.05, 4.69) is 0 Å². The summed E-state index contributed by atoms with van der Waals surface area (Å²) >= 11 is 0. The summed E-state index contributed by atoms with van der Waals surface area (Å²) in [5, 5.41) is 0. The average Bonchev–Trinajstić information content (AvgIpc) is 2.40. The summed E-state index contributed by atoms with van der Waals surface area (Å²) in [7, 11) is 0. The summed E-state index contributed by atoms with van der Waals surface area (Å²) < 4.78 is 36.2. The van der Waals surface area contributed by atoms with Crippen molar-refractivity contribution in [2.24, 2.45) is 0 Å². The maximum Gasteiger partial charge on any atom is 0.256 e. The molecule has 1 atom stereocenters. The van der Waals surface area contributed by atoms with Crippen LogP contribution in [-0.4, -0.2) is 37.1 Å². The Kier molecular flexibility index (Phi) is 3.17. The molecule has 1 aliphatic rings. The number of halogens is 3. The van der Waals surface area contributed by atoms with Crippen molar-refractivity contribution in [2.45, 2.75) is 25.3 Å². The SMILES string of the molecule is FCC(C(F)F)N1CCCC1. The van der Waals surface area contributed by atoms with E-state index in [1.165, 1.54) is 4.90 Å². The van der Waals surface area contributed by atoms with Gasteiger partial charge in [0.15, 0.2) is 0 Å². The van der Waals surface area contributed by atoms with Gasteiger partial charge in [-0.25, -0.2) is 13.2 Å². The zero-order valence-electron chi connectivity index (χ0n) is 6.27. The maximum absolute atomic E-state index is 12.1. The number of nitrogens with zero attached hydrogens (tertiary/aromatic N) is 1. The second-order valence-corrected chi connectivity index (χ2v) is 2.80. The molecule has 0 bridgehead atoms. The van der Waals surface area contributed by atoms with Crippen LogP contribution in [-0.2, 0) is 0 Å². The molecule has 0 N–H and O–H groups in total. The van der Waals surface area contributed by atoms with E-state index in [9.17, 15) is 13.2 Å². The largest absolute Gasteiger partial charge is 0.293 e. The molecule has 1 unspecified atom stereocenters. The molecular weight excluding hydrogens is 155 g/mol. The zero-order chi connectivity index (χ0) is 8.27. The van der Waals surface area contributed by atoms with Crippen LogP contribution in [0.5, 0.6) is 0 Å². The highest BCUT2D eigenvalue weighted by molar-refractivity contribution is 4.77. The molecule has 1 nitrogen and oxygen atoms in total. The van der Waals surface area contributed by atoms with Gasteiger partial charge in [0.05, 0.1) is 6.04 Å². The van der Waals surface area contributed by atoms with Crippen LogP contribution in [0.2, 0.25) is 0 Å². The van der Waals surface area contributed by atoms with Gasteiger partial charge in [0.1, 0.15) is 6.67 Å². The molecule has 0 aromatic rings. The van der Waals surface area contributed by atoms with Gasteiger partial charge in [-0.2, -0.15) is 0 Å². The fraction of sp³-hybridized carbons (Fsp3) is 1.00. The minimum Gasteiger partial charge on any atom is -0.293 e. The Balaban J connectivity index is 2.40. The third-order valence-electron chi connectivity index (χ3n) is 2.06. The number of hydrogen-bond donors (Lipinski definition) is 0. The monoisotopic (exact) mass is 167 g/mol. The molecule has 1 fully saturated rings. The van der Waals surface area contributed by atoms with E-state index in [1.54, 1.807) is 0 Å². The van der Waals surface area contributed by atoms with Gasteiger partial charge in [-0.05, 0) is 25.9 Å². The second-order valence-electron chi connectivity index (χ2n) is 2.80. The minimum atomic E-state index is -2.54. The number of rotatable bonds is 3. The number of alkyl halides is 3. The standard InChI is InChI=1S/C7H12F3N/c8-5-6(7(9)10)11-3-1-2-4-11/h6-7H,1-5H2. The summed E-state index contributed by atoms with van der Waals surface area (Å²) in [5.41, 5.74) is 0. The van der Waals surface area contributed by atoms with Crippen LogP contribution in [0.4, 0.5) is 13.2 Å². The van der Waals surface area contributed by atoms with Gasteiger partial charge in [0.2, 0.25) is 0 Å². The molecule has 0 aromatic heterocycles. The number of hydrogen-bond acceptors (Lipinski definition) is 1. The van der Waals surface area contributed by atoms with E-state index in [1.807, 2.05) is 0 Å². The van der Waals surface area contributed by atoms with Gasteiger partial charge in [0.25, 0.3) is 6.43 Å². The maximum atomic E-state index is 12.1. The Morgan fingerprint density at radius 2 is 1.73 bits per heavy atom. The molecule has 0 aliphatic carbocycles. The lowest BCUT2D eigenvalue weighted by molar-refractivity contribution is 0.0236. The molecule has 1 aliphatic heterocycles. The van der Waals surface area contributed by atoms with Crippen molar-refractivity contribution in [3.8, 4) is 0 Å². The van der Waals surface area contributed by atoms with Gasteiger partial charge in [-0.15, -0.1) is 0 Å². The lowest BCUT2D eigenvalue weighted by atomic mass is 10.3. The molecule has 0 amide bonds. The third kappa shape index (κ3) is 2.09. The normalized spacial score (nSPS) is 22.9. The van der Waals surface area contributed by atoms with Gasteiger partial charge < -0.3 is 0 Å². The molecule has 4 heteroatoms. The van der Waals surface area contributed by atoms with Gasteiger partial charge >= 0.3 is 0 Å². The topological polar surface area (TPSA) is 3.24 Å². The van der Waals surface area contributed by atoms with E-state index in [-0.39, 0.29) is 0 Å². The Hall–Kier alpha value is -0.250. The summed E-state index contributed by atoms with van der Waals surface area (Å²) in [4.78, 5) is 1.53. The molecule has 0 radical (unpaired) electrons. The van der Waals surface area contributed by atoms with Crippen molar-refractivity contribution >= 4 is 0 Å². The summed E-state index contributed by atoms with van der Waals surface area (Å²) in [6.07, 6.45) is -0.704. The molecule has 1 saturated heterocycles. The first-order chi connectivity index (χ1) is 5.25. The highest BCUT2D eigenvalue weighted by Crippen LogP contribution is 2.16. The van der Waals surface area contributed by atoms with Gasteiger partial charge in [0, 0.05) is 0 Å². The Morgan fingerprint density at radius 1 is 1.18 bits per heavy atom. The Labute approximate surface area is 64.2 Å². The van der Waals surface area contributed by atoms with E-state index < -0.39 is 19.1 Å². The highest BCUT2D eigenvalue weighted by Gasteiger charge is 2.29. The first-order valence-electron chi connectivity index (χ1n) is 3.84. The Bertz CT molecular complexity index is 112. The molecule has 0 aromatic carbocycles. The van der Waals surface area contributed by atoms with Crippen LogP contribution in [0.3, 0.4) is 0 Å². The van der Waals surface area contributed by atoms with Gasteiger partial charge in [-0.1, -0.05) is 0 Å². The summed E-state index contributed by atoms with van der Waals surface area (Å²) in [6, 6.07) is -1.16. The lowest BCUT2D eigenvalue weighted by Gasteiger charge is -2.23. The van der Waals surface area contributed by atoms with E-state index in [4.69, 9.17) is 0 Å². The van der Waals surface area contributed by atoms with E-state index >= 15 is 0 Å². The fourth-order valence-corrected chi connectivity index (χ4v) is 1.40. The molecule has 66 valence electrons. The first kappa shape index (κ1) is 8.84. The number of likely N-dealkylation sites (tertiary alicyclic amines) is 1. The van der Waals surface area contributed by atoms with Crippen LogP contribution < -0.4 is 0 Å². The van der Waals surface area contributed by atoms with Crippen molar-refractivity contribution in [3.05, 3.63) is 0 Å². The molecule has 11 heavy (non-hydrogen) atoms. The zero-order valence-corrected chi connectivity index (χ0v) is 6.27. The minimum absolute atomic E-state index is 0.624.